The third kappa shape index (κ3) is 3.48. The smallest absolute Gasteiger partial charge is 0.248 e. The monoisotopic (exact) mass is 704 g/mol. The fourth-order valence-corrected chi connectivity index (χ4v) is 11.3. The largest absolute Gasteiger partial charge is 0.311 e. The molecule has 254 valence electrons. The summed E-state index contributed by atoms with van der Waals surface area (Å²) in [6.45, 7) is 0.285. The maximum atomic E-state index is 2.60. The molecule has 0 unspecified atom stereocenters. The van der Waals surface area contributed by atoms with Gasteiger partial charge in [-0.3, -0.25) is 0 Å². The SMILES string of the molecule is c1ccc(B2c3cc4ccc5c6c(cc7ccc(c3-n3c8ccccc8c8cccc2c83)c4c75)B2c3ccccc3-c3cccc(c32)N6c2ccccc2)cc1. The average molecular weight is 704 g/mol. The van der Waals surface area contributed by atoms with Crippen molar-refractivity contribution in [2.75, 3.05) is 4.90 Å². The molecule has 0 bridgehead atoms. The summed E-state index contributed by atoms with van der Waals surface area (Å²) < 4.78 is 2.60. The zero-order valence-corrected chi connectivity index (χ0v) is 30.4. The fraction of sp³-hybridized carbons (Fsp3) is 0. The van der Waals surface area contributed by atoms with E-state index in [9.17, 15) is 0 Å². The van der Waals surface area contributed by atoms with E-state index >= 15 is 0 Å². The maximum Gasteiger partial charge on any atom is 0.248 e. The number of hydrogen-bond acceptors (Lipinski definition) is 1. The average Bonchev–Trinajstić information content (AvgIpc) is 3.78. The lowest BCUT2D eigenvalue weighted by molar-refractivity contribution is 1.21. The number of hydrogen-bond donors (Lipinski definition) is 0. The molecule has 0 N–H and O–H groups in total. The van der Waals surface area contributed by atoms with Gasteiger partial charge in [0.05, 0.1) is 5.52 Å². The molecule has 14 rings (SSSR count). The molecular formula is C52H30B2N2. The Kier molecular flexibility index (Phi) is 5.44. The Hall–Kier alpha value is -7.03. The molecule has 0 amide bonds. The van der Waals surface area contributed by atoms with Gasteiger partial charge in [0.2, 0.25) is 13.4 Å². The molecule has 0 radical (unpaired) electrons. The minimum Gasteiger partial charge on any atom is -0.311 e. The van der Waals surface area contributed by atoms with E-state index in [0.29, 0.717) is 0 Å². The molecular weight excluding hydrogens is 674 g/mol. The van der Waals surface area contributed by atoms with Gasteiger partial charge in [-0.15, -0.1) is 0 Å². The van der Waals surface area contributed by atoms with Crippen molar-refractivity contribution in [1.82, 2.24) is 4.57 Å². The van der Waals surface area contributed by atoms with Gasteiger partial charge in [0.1, 0.15) is 0 Å². The van der Waals surface area contributed by atoms with E-state index < -0.39 is 0 Å². The van der Waals surface area contributed by atoms with Gasteiger partial charge in [0.25, 0.3) is 0 Å². The molecule has 0 saturated carbocycles. The Morgan fingerprint density at radius 2 is 1.02 bits per heavy atom. The van der Waals surface area contributed by atoms with E-state index in [0.717, 1.165) is 0 Å². The summed E-state index contributed by atoms with van der Waals surface area (Å²) in [4.78, 5) is 2.56. The Morgan fingerprint density at radius 1 is 0.393 bits per heavy atom. The molecule has 0 fully saturated rings. The number of nitrogens with zero attached hydrogens (tertiary/aromatic N) is 2. The molecule has 4 heterocycles. The normalized spacial score (nSPS) is 13.6. The zero-order valence-electron chi connectivity index (χ0n) is 30.4. The second-order valence-electron chi connectivity index (χ2n) is 15.9. The van der Waals surface area contributed by atoms with Crippen LogP contribution in [0.25, 0.3) is 70.9 Å². The Labute approximate surface area is 324 Å². The first-order valence-electron chi connectivity index (χ1n) is 19.8. The van der Waals surface area contributed by atoms with Gasteiger partial charge in [0.15, 0.2) is 0 Å². The van der Waals surface area contributed by atoms with Gasteiger partial charge in [0, 0.05) is 49.8 Å². The van der Waals surface area contributed by atoms with Crippen LogP contribution >= 0.6 is 0 Å². The lowest BCUT2D eigenvalue weighted by Crippen LogP contribution is -2.56. The van der Waals surface area contributed by atoms with E-state index in [1.54, 1.807) is 0 Å². The first kappa shape index (κ1) is 29.3. The molecule has 56 heavy (non-hydrogen) atoms. The maximum absolute atomic E-state index is 2.60. The van der Waals surface area contributed by atoms with Crippen molar-refractivity contribution in [2.24, 2.45) is 0 Å². The molecule has 0 spiro atoms. The number of benzene rings is 10. The summed E-state index contributed by atoms with van der Waals surface area (Å²) in [5.74, 6) is 0. The molecule has 0 atom stereocenters. The highest BCUT2D eigenvalue weighted by Crippen LogP contribution is 2.47. The van der Waals surface area contributed by atoms with Crippen LogP contribution in [0.5, 0.6) is 0 Å². The van der Waals surface area contributed by atoms with Crippen LogP contribution in [0.3, 0.4) is 0 Å². The van der Waals surface area contributed by atoms with Crippen molar-refractivity contribution in [2.45, 2.75) is 0 Å². The van der Waals surface area contributed by atoms with E-state index in [-0.39, 0.29) is 13.4 Å². The lowest BCUT2D eigenvalue weighted by atomic mass is 9.35. The minimum atomic E-state index is 0.114. The van der Waals surface area contributed by atoms with Gasteiger partial charge >= 0.3 is 0 Å². The van der Waals surface area contributed by atoms with Crippen LogP contribution < -0.4 is 37.7 Å². The van der Waals surface area contributed by atoms with Gasteiger partial charge < -0.3 is 9.47 Å². The van der Waals surface area contributed by atoms with E-state index in [4.69, 9.17) is 0 Å². The Balaban J connectivity index is 1.15. The molecule has 0 aliphatic carbocycles. The molecule has 10 aromatic carbocycles. The summed E-state index contributed by atoms with van der Waals surface area (Å²) in [5, 5.41) is 10.5. The molecule has 2 nitrogen and oxygen atoms in total. The van der Waals surface area contributed by atoms with Crippen LogP contribution in [0.4, 0.5) is 17.1 Å². The van der Waals surface area contributed by atoms with E-state index in [1.165, 1.54) is 121 Å². The van der Waals surface area contributed by atoms with Crippen molar-refractivity contribution in [3.63, 3.8) is 0 Å². The van der Waals surface area contributed by atoms with Crippen LogP contribution in [0.2, 0.25) is 0 Å². The molecule has 1 aromatic heterocycles. The molecule has 11 aromatic rings. The number of para-hydroxylation sites is 3. The third-order valence-electron chi connectivity index (χ3n) is 13.3. The predicted molar refractivity (Wildman–Crippen MR) is 240 cm³/mol. The number of anilines is 3. The van der Waals surface area contributed by atoms with E-state index in [2.05, 4.69) is 191 Å². The summed E-state index contributed by atoms with van der Waals surface area (Å²) >= 11 is 0. The van der Waals surface area contributed by atoms with Crippen LogP contribution in [-0.2, 0) is 0 Å². The second-order valence-corrected chi connectivity index (χ2v) is 15.9. The number of aromatic nitrogens is 1. The van der Waals surface area contributed by atoms with Crippen molar-refractivity contribution in [3.8, 4) is 16.8 Å². The second kappa shape index (κ2) is 10.4. The molecule has 3 aliphatic heterocycles. The highest BCUT2D eigenvalue weighted by atomic mass is 15.2. The predicted octanol–water partition coefficient (Wildman–Crippen LogP) is 8.79. The van der Waals surface area contributed by atoms with Crippen LogP contribution in [0.15, 0.2) is 182 Å². The first-order valence-corrected chi connectivity index (χ1v) is 19.8. The third-order valence-corrected chi connectivity index (χ3v) is 13.3. The van der Waals surface area contributed by atoms with Gasteiger partial charge in [-0.25, -0.2) is 0 Å². The number of rotatable bonds is 2. The highest BCUT2D eigenvalue weighted by molar-refractivity contribution is 7.02. The molecule has 0 saturated heterocycles. The van der Waals surface area contributed by atoms with Gasteiger partial charge in [-0.1, -0.05) is 169 Å². The van der Waals surface area contributed by atoms with E-state index in [1.807, 2.05) is 0 Å². The zero-order chi connectivity index (χ0) is 36.2. The van der Waals surface area contributed by atoms with Crippen LogP contribution in [0.1, 0.15) is 0 Å². The first-order chi connectivity index (χ1) is 27.8. The van der Waals surface area contributed by atoms with Gasteiger partial charge in [-0.05, 0) is 78.8 Å². The topological polar surface area (TPSA) is 8.17 Å². The lowest BCUT2D eigenvalue weighted by Gasteiger charge is -2.37. The van der Waals surface area contributed by atoms with Gasteiger partial charge in [-0.2, -0.15) is 0 Å². The van der Waals surface area contributed by atoms with Crippen molar-refractivity contribution >= 4 is 117 Å². The quantitative estimate of drug-likeness (QED) is 0.129. The van der Waals surface area contributed by atoms with Crippen LogP contribution in [0, 0.1) is 0 Å². The fourth-order valence-electron chi connectivity index (χ4n) is 11.3. The standard InChI is InChI=1S/C52H30B2N2/c1-3-13-33(14-4-1)53-42-22-11-20-38-36-18-8-10-23-45(36)56(50(38)42)52-40-28-26-32-30-44-51(39-27-25-31(29-43(52)53)48(40)47(32)39)55(34-15-5-2-6-16-34)46-24-12-19-37-35-17-7-9-21-41(35)54(44)49(37)46/h1-30H. The number of fused-ring (bicyclic) bond motifs is 12. The Morgan fingerprint density at radius 3 is 1.84 bits per heavy atom. The molecule has 4 heteroatoms. The summed E-state index contributed by atoms with van der Waals surface area (Å²) in [6, 6.07) is 68.8. The van der Waals surface area contributed by atoms with Crippen molar-refractivity contribution in [3.05, 3.63) is 182 Å². The molecule has 3 aliphatic rings. The summed E-state index contributed by atoms with van der Waals surface area (Å²) in [7, 11) is 0. The Bertz CT molecular complexity index is 3500. The minimum absolute atomic E-state index is 0.114. The van der Waals surface area contributed by atoms with Crippen molar-refractivity contribution < 1.29 is 0 Å². The summed E-state index contributed by atoms with van der Waals surface area (Å²) in [6.07, 6.45) is 0. The highest BCUT2D eigenvalue weighted by Gasteiger charge is 2.43. The van der Waals surface area contributed by atoms with Crippen LogP contribution in [-0.4, -0.2) is 18.0 Å². The summed E-state index contributed by atoms with van der Waals surface area (Å²) in [5.41, 5.74) is 18.6. The van der Waals surface area contributed by atoms with Crippen molar-refractivity contribution in [1.29, 1.82) is 0 Å².